The molecule has 1 aliphatic carbocycles. The van der Waals surface area contributed by atoms with Crippen LogP contribution in [0.5, 0.6) is 0 Å². The summed E-state index contributed by atoms with van der Waals surface area (Å²) in [7, 11) is 1.67. The average Bonchev–Trinajstić information content (AvgIpc) is 2.28. The molecule has 1 fully saturated rings. The molecule has 108 valence electrons. The predicted molar refractivity (Wildman–Crippen MR) is 73.7 cm³/mol. The van der Waals surface area contributed by atoms with Crippen LogP contribution in [-0.2, 0) is 9.47 Å². The van der Waals surface area contributed by atoms with Crippen LogP contribution in [0.4, 0.5) is 0 Å². The molecule has 0 spiro atoms. The maximum absolute atomic E-state index is 10.3. The molecule has 0 aromatic heterocycles. The molecule has 0 aromatic carbocycles. The van der Waals surface area contributed by atoms with Crippen LogP contribution in [0.15, 0.2) is 0 Å². The zero-order valence-electron chi connectivity index (χ0n) is 12.7. The van der Waals surface area contributed by atoms with Crippen molar-refractivity contribution < 1.29 is 14.6 Å². The SMILES string of the molecule is COCC(OC1CCCCC1)(C(C)O)C(C)(C)C. The van der Waals surface area contributed by atoms with E-state index in [-0.39, 0.29) is 11.5 Å². The lowest BCUT2D eigenvalue weighted by molar-refractivity contribution is -0.228. The number of rotatable bonds is 5. The molecule has 0 aliphatic heterocycles. The number of methoxy groups -OCH3 is 1. The highest BCUT2D eigenvalue weighted by Crippen LogP contribution is 2.40. The first-order valence-electron chi connectivity index (χ1n) is 7.18. The van der Waals surface area contributed by atoms with E-state index in [2.05, 4.69) is 20.8 Å². The lowest BCUT2D eigenvalue weighted by Gasteiger charge is -2.48. The van der Waals surface area contributed by atoms with E-state index >= 15 is 0 Å². The summed E-state index contributed by atoms with van der Waals surface area (Å²) in [6.07, 6.45) is 5.71. The summed E-state index contributed by atoms with van der Waals surface area (Å²) in [6, 6.07) is 0. The molecule has 1 saturated carbocycles. The molecule has 18 heavy (non-hydrogen) atoms. The molecular weight excluding hydrogens is 228 g/mol. The standard InChI is InChI=1S/C15H30O3/c1-12(16)15(11-17-5,14(2,3)4)18-13-9-7-6-8-10-13/h12-13,16H,6-11H2,1-5H3. The minimum absolute atomic E-state index is 0.158. The zero-order valence-corrected chi connectivity index (χ0v) is 12.7. The highest BCUT2D eigenvalue weighted by molar-refractivity contribution is 4.98. The van der Waals surface area contributed by atoms with Crippen molar-refractivity contribution in [2.45, 2.75) is 77.6 Å². The van der Waals surface area contributed by atoms with Gasteiger partial charge < -0.3 is 14.6 Å². The fourth-order valence-electron chi connectivity index (χ4n) is 2.97. The summed E-state index contributed by atoms with van der Waals surface area (Å²) in [5.74, 6) is 0. The van der Waals surface area contributed by atoms with Crippen LogP contribution in [-0.4, -0.2) is 36.6 Å². The van der Waals surface area contributed by atoms with Gasteiger partial charge >= 0.3 is 0 Å². The van der Waals surface area contributed by atoms with Crippen molar-refractivity contribution >= 4 is 0 Å². The Balaban J connectivity index is 2.87. The van der Waals surface area contributed by atoms with Crippen LogP contribution < -0.4 is 0 Å². The van der Waals surface area contributed by atoms with E-state index in [9.17, 15) is 5.11 Å². The molecule has 0 radical (unpaired) electrons. The highest BCUT2D eigenvalue weighted by atomic mass is 16.6. The second kappa shape index (κ2) is 6.36. The summed E-state index contributed by atoms with van der Waals surface area (Å²) >= 11 is 0. The van der Waals surface area contributed by atoms with E-state index in [4.69, 9.17) is 9.47 Å². The second-order valence-electron chi connectivity index (χ2n) is 6.63. The van der Waals surface area contributed by atoms with Crippen LogP contribution in [0, 0.1) is 5.41 Å². The first-order chi connectivity index (χ1) is 8.33. The number of hydrogen-bond donors (Lipinski definition) is 1. The maximum Gasteiger partial charge on any atom is 0.122 e. The molecule has 2 atom stereocenters. The Morgan fingerprint density at radius 3 is 2.11 bits per heavy atom. The van der Waals surface area contributed by atoms with Crippen LogP contribution in [0.1, 0.15) is 59.8 Å². The van der Waals surface area contributed by atoms with Gasteiger partial charge in [0.1, 0.15) is 5.60 Å². The molecule has 1 rings (SSSR count). The van der Waals surface area contributed by atoms with Crippen molar-refractivity contribution in [2.75, 3.05) is 13.7 Å². The molecule has 2 unspecified atom stereocenters. The minimum Gasteiger partial charge on any atom is -0.390 e. The number of hydrogen-bond acceptors (Lipinski definition) is 3. The van der Waals surface area contributed by atoms with Crippen LogP contribution >= 0.6 is 0 Å². The van der Waals surface area contributed by atoms with Crippen LogP contribution in [0.25, 0.3) is 0 Å². The molecule has 0 amide bonds. The normalized spacial score (nSPS) is 23.7. The van der Waals surface area contributed by atoms with Gasteiger partial charge in [-0.15, -0.1) is 0 Å². The Labute approximate surface area is 112 Å². The van der Waals surface area contributed by atoms with Crippen molar-refractivity contribution in [3.63, 3.8) is 0 Å². The van der Waals surface area contributed by atoms with Gasteiger partial charge in [0.05, 0.1) is 18.8 Å². The fourth-order valence-corrected chi connectivity index (χ4v) is 2.97. The largest absolute Gasteiger partial charge is 0.390 e. The van der Waals surface area contributed by atoms with Crippen molar-refractivity contribution in [3.8, 4) is 0 Å². The van der Waals surface area contributed by atoms with Gasteiger partial charge in [-0.05, 0) is 25.2 Å². The van der Waals surface area contributed by atoms with Crippen molar-refractivity contribution in [1.29, 1.82) is 0 Å². The lowest BCUT2D eigenvalue weighted by atomic mass is 9.73. The molecule has 1 aliphatic rings. The Morgan fingerprint density at radius 2 is 1.72 bits per heavy atom. The van der Waals surface area contributed by atoms with Gasteiger partial charge in [-0.1, -0.05) is 40.0 Å². The van der Waals surface area contributed by atoms with E-state index in [1.54, 1.807) is 7.11 Å². The third kappa shape index (κ3) is 3.46. The van der Waals surface area contributed by atoms with Gasteiger partial charge in [0.15, 0.2) is 0 Å². The van der Waals surface area contributed by atoms with E-state index in [0.29, 0.717) is 6.61 Å². The summed E-state index contributed by atoms with van der Waals surface area (Å²) in [4.78, 5) is 0. The van der Waals surface area contributed by atoms with E-state index in [1.165, 1.54) is 19.3 Å². The van der Waals surface area contributed by atoms with Gasteiger partial charge in [0.25, 0.3) is 0 Å². The minimum atomic E-state index is -0.621. The summed E-state index contributed by atoms with van der Waals surface area (Å²) in [5, 5.41) is 10.3. The third-order valence-corrected chi connectivity index (χ3v) is 4.23. The highest BCUT2D eigenvalue weighted by Gasteiger charge is 2.48. The molecule has 0 bridgehead atoms. The van der Waals surface area contributed by atoms with E-state index < -0.39 is 11.7 Å². The van der Waals surface area contributed by atoms with E-state index in [0.717, 1.165) is 12.8 Å². The van der Waals surface area contributed by atoms with E-state index in [1.807, 2.05) is 6.92 Å². The maximum atomic E-state index is 10.3. The lowest BCUT2D eigenvalue weighted by Crippen LogP contribution is -2.58. The van der Waals surface area contributed by atoms with Crippen molar-refractivity contribution in [2.24, 2.45) is 5.41 Å². The van der Waals surface area contributed by atoms with Gasteiger partial charge in [-0.2, -0.15) is 0 Å². The number of aliphatic hydroxyl groups excluding tert-OH is 1. The van der Waals surface area contributed by atoms with Crippen LogP contribution in [0.3, 0.4) is 0 Å². The molecule has 3 heteroatoms. The quantitative estimate of drug-likeness (QED) is 0.823. The van der Waals surface area contributed by atoms with Gasteiger partial charge in [0, 0.05) is 7.11 Å². The molecule has 0 saturated heterocycles. The zero-order chi connectivity index (χ0) is 13.8. The molecule has 1 N–H and O–H groups in total. The summed E-state index contributed by atoms with van der Waals surface area (Å²) in [6.45, 7) is 8.59. The monoisotopic (exact) mass is 258 g/mol. The molecular formula is C15H30O3. The molecule has 3 nitrogen and oxygen atoms in total. The Kier molecular flexibility index (Phi) is 5.63. The fraction of sp³-hybridized carbons (Fsp3) is 1.00. The predicted octanol–water partition coefficient (Wildman–Crippen LogP) is 3.15. The Hall–Kier alpha value is -0.120. The first kappa shape index (κ1) is 15.9. The average molecular weight is 258 g/mol. The number of aliphatic hydroxyl groups is 1. The number of ether oxygens (including phenoxy) is 2. The first-order valence-corrected chi connectivity index (χ1v) is 7.18. The molecule has 0 aromatic rings. The second-order valence-corrected chi connectivity index (χ2v) is 6.63. The van der Waals surface area contributed by atoms with Crippen molar-refractivity contribution in [1.82, 2.24) is 0 Å². The summed E-state index contributed by atoms with van der Waals surface area (Å²) in [5.41, 5.74) is -0.779. The Morgan fingerprint density at radius 1 is 1.17 bits per heavy atom. The van der Waals surface area contributed by atoms with Gasteiger partial charge in [-0.25, -0.2) is 0 Å². The third-order valence-electron chi connectivity index (χ3n) is 4.23. The topological polar surface area (TPSA) is 38.7 Å². The Bertz CT molecular complexity index is 239. The van der Waals surface area contributed by atoms with Gasteiger partial charge in [0.2, 0.25) is 0 Å². The summed E-state index contributed by atoms with van der Waals surface area (Å²) < 4.78 is 11.7. The van der Waals surface area contributed by atoms with Gasteiger partial charge in [-0.3, -0.25) is 0 Å². The smallest absolute Gasteiger partial charge is 0.122 e. The van der Waals surface area contributed by atoms with Crippen LogP contribution in [0.2, 0.25) is 0 Å². The molecule has 0 heterocycles. The van der Waals surface area contributed by atoms with Crippen molar-refractivity contribution in [3.05, 3.63) is 0 Å².